The Morgan fingerprint density at radius 2 is 2.00 bits per heavy atom. The number of ether oxygens (including phenoxy) is 1. The number of halogens is 1. The van der Waals surface area contributed by atoms with E-state index < -0.39 is 39.5 Å². The number of non-ortho nitro benzene ring substituents is 1. The smallest absolute Gasteiger partial charge is 0.331 e. The standard InChI is InChI=1S/C18H15ClN4O7S/c1-10(20-17-12-4-2-3-5-15(12)31(28,29)22-17)18(25)30-9-16(24)21-14-7-6-11(23(26)27)8-13(14)19/h2-8,10H,9H2,1H3,(H,20,22)(H,21,24)/t10-/m0/s1. The highest BCUT2D eigenvalue weighted by molar-refractivity contribution is 7.90. The molecule has 0 radical (unpaired) electrons. The fourth-order valence-electron chi connectivity index (χ4n) is 2.64. The summed E-state index contributed by atoms with van der Waals surface area (Å²) in [6.07, 6.45) is 0. The molecule has 1 aliphatic heterocycles. The van der Waals surface area contributed by atoms with Crippen molar-refractivity contribution in [2.75, 3.05) is 11.9 Å². The van der Waals surface area contributed by atoms with Crippen molar-refractivity contribution in [3.63, 3.8) is 0 Å². The summed E-state index contributed by atoms with van der Waals surface area (Å²) in [5.74, 6) is -1.58. The number of aliphatic imine (C=N–C) groups is 1. The van der Waals surface area contributed by atoms with Crippen molar-refractivity contribution in [3.8, 4) is 0 Å². The van der Waals surface area contributed by atoms with Crippen LogP contribution in [-0.2, 0) is 24.3 Å². The van der Waals surface area contributed by atoms with Crippen molar-refractivity contribution >= 4 is 50.7 Å². The number of hydrogen-bond donors (Lipinski definition) is 2. The van der Waals surface area contributed by atoms with Crippen LogP contribution in [0.3, 0.4) is 0 Å². The number of carbonyl (C=O) groups is 2. The molecular formula is C18H15ClN4O7S. The molecular weight excluding hydrogens is 452 g/mol. The maximum Gasteiger partial charge on any atom is 0.331 e. The second kappa shape index (κ2) is 8.70. The van der Waals surface area contributed by atoms with Crippen LogP contribution in [0, 0.1) is 10.1 Å². The molecule has 0 bridgehead atoms. The summed E-state index contributed by atoms with van der Waals surface area (Å²) in [7, 11) is -3.75. The first kappa shape index (κ1) is 22.2. The second-order valence-corrected chi connectivity index (χ2v) is 8.39. The van der Waals surface area contributed by atoms with Gasteiger partial charge in [-0.15, -0.1) is 0 Å². The lowest BCUT2D eigenvalue weighted by Crippen LogP contribution is -2.28. The molecule has 0 unspecified atom stereocenters. The Labute approximate surface area is 181 Å². The van der Waals surface area contributed by atoms with Crippen molar-refractivity contribution in [3.05, 3.63) is 63.2 Å². The number of esters is 1. The number of carbonyl (C=O) groups excluding carboxylic acids is 2. The van der Waals surface area contributed by atoms with E-state index in [9.17, 15) is 28.1 Å². The van der Waals surface area contributed by atoms with Crippen molar-refractivity contribution in [1.29, 1.82) is 0 Å². The van der Waals surface area contributed by atoms with Crippen LogP contribution in [0.2, 0.25) is 5.02 Å². The number of amides is 1. The number of nitro benzene ring substituents is 1. The first-order valence-corrected chi connectivity index (χ1v) is 10.5. The van der Waals surface area contributed by atoms with Crippen LogP contribution in [0.4, 0.5) is 11.4 Å². The molecule has 0 aromatic heterocycles. The summed E-state index contributed by atoms with van der Waals surface area (Å²) in [5, 5.41) is 13.0. The molecule has 11 nitrogen and oxygen atoms in total. The van der Waals surface area contributed by atoms with E-state index in [1.165, 1.54) is 19.1 Å². The lowest BCUT2D eigenvalue weighted by atomic mass is 10.2. The van der Waals surface area contributed by atoms with E-state index in [-0.39, 0.29) is 27.1 Å². The Hall–Kier alpha value is -3.51. The first-order valence-electron chi connectivity index (χ1n) is 8.69. The molecule has 31 heavy (non-hydrogen) atoms. The van der Waals surface area contributed by atoms with E-state index in [4.69, 9.17) is 16.3 Å². The Morgan fingerprint density at radius 3 is 2.68 bits per heavy atom. The van der Waals surface area contributed by atoms with Crippen LogP contribution in [0.5, 0.6) is 0 Å². The molecule has 2 aromatic rings. The molecule has 0 spiro atoms. The van der Waals surface area contributed by atoms with E-state index in [1.54, 1.807) is 18.2 Å². The number of amidine groups is 1. The number of anilines is 1. The molecule has 1 amide bonds. The molecule has 13 heteroatoms. The van der Waals surface area contributed by atoms with Gasteiger partial charge in [-0.25, -0.2) is 13.2 Å². The summed E-state index contributed by atoms with van der Waals surface area (Å²) < 4.78 is 31.3. The number of sulfonamides is 1. The number of nitrogens with zero attached hydrogens (tertiary/aromatic N) is 2. The number of hydrogen-bond acceptors (Lipinski definition) is 8. The van der Waals surface area contributed by atoms with E-state index >= 15 is 0 Å². The van der Waals surface area contributed by atoms with E-state index in [2.05, 4.69) is 15.0 Å². The normalized spacial score (nSPS) is 16.1. The molecule has 0 aliphatic carbocycles. The van der Waals surface area contributed by atoms with Crippen LogP contribution in [0.1, 0.15) is 12.5 Å². The lowest BCUT2D eigenvalue weighted by Gasteiger charge is -2.10. The fraction of sp³-hybridized carbons (Fsp3) is 0.167. The van der Waals surface area contributed by atoms with Crippen LogP contribution in [0.25, 0.3) is 0 Å². The van der Waals surface area contributed by atoms with Gasteiger partial charge in [0.15, 0.2) is 6.61 Å². The highest BCUT2D eigenvalue weighted by Gasteiger charge is 2.31. The van der Waals surface area contributed by atoms with Gasteiger partial charge in [0.25, 0.3) is 21.6 Å². The van der Waals surface area contributed by atoms with Crippen molar-refractivity contribution < 1.29 is 27.7 Å². The Balaban J connectivity index is 1.60. The largest absolute Gasteiger partial charge is 0.454 e. The molecule has 1 aliphatic rings. The number of fused-ring (bicyclic) bond motifs is 1. The number of nitro groups is 1. The maximum atomic E-state index is 12.2. The van der Waals surface area contributed by atoms with Crippen molar-refractivity contribution in [1.82, 2.24) is 4.72 Å². The predicted molar refractivity (Wildman–Crippen MR) is 110 cm³/mol. The zero-order chi connectivity index (χ0) is 22.8. The Morgan fingerprint density at radius 1 is 1.29 bits per heavy atom. The zero-order valence-electron chi connectivity index (χ0n) is 15.9. The topological polar surface area (TPSA) is 157 Å². The highest BCUT2D eigenvalue weighted by Crippen LogP contribution is 2.26. The highest BCUT2D eigenvalue weighted by atomic mass is 35.5. The van der Waals surface area contributed by atoms with Gasteiger partial charge in [-0.3, -0.25) is 24.6 Å². The summed E-state index contributed by atoms with van der Waals surface area (Å²) in [4.78, 5) is 38.3. The Bertz CT molecular complexity index is 1210. The average Bonchev–Trinajstić information content (AvgIpc) is 2.97. The molecule has 3 rings (SSSR count). The molecule has 1 heterocycles. The second-order valence-electron chi connectivity index (χ2n) is 6.33. The molecule has 0 saturated carbocycles. The minimum absolute atomic E-state index is 0.00200. The molecule has 0 fully saturated rings. The summed E-state index contributed by atoms with van der Waals surface area (Å²) in [5.41, 5.74) is 0.192. The van der Waals surface area contributed by atoms with Crippen molar-refractivity contribution in [2.45, 2.75) is 17.9 Å². The summed E-state index contributed by atoms with van der Waals surface area (Å²) in [6.45, 7) is 0.722. The van der Waals surface area contributed by atoms with Gasteiger partial charge in [0.05, 0.1) is 20.5 Å². The predicted octanol–water partition coefficient (Wildman–Crippen LogP) is 1.86. The molecule has 2 N–H and O–H groups in total. The minimum Gasteiger partial charge on any atom is -0.454 e. The number of rotatable bonds is 6. The van der Waals surface area contributed by atoms with E-state index in [0.29, 0.717) is 5.56 Å². The van der Waals surface area contributed by atoms with Crippen LogP contribution in [0.15, 0.2) is 52.4 Å². The zero-order valence-corrected chi connectivity index (χ0v) is 17.4. The van der Waals surface area contributed by atoms with Crippen LogP contribution < -0.4 is 10.0 Å². The third-order valence-electron chi connectivity index (χ3n) is 4.11. The average molecular weight is 467 g/mol. The van der Waals surface area contributed by atoms with Gasteiger partial charge in [0.1, 0.15) is 11.9 Å². The lowest BCUT2D eigenvalue weighted by molar-refractivity contribution is -0.384. The van der Waals surface area contributed by atoms with Crippen molar-refractivity contribution in [2.24, 2.45) is 4.99 Å². The van der Waals surface area contributed by atoms with Gasteiger partial charge in [-0.2, -0.15) is 0 Å². The van der Waals surface area contributed by atoms with Crippen LogP contribution >= 0.6 is 11.6 Å². The van der Waals surface area contributed by atoms with Crippen LogP contribution in [-0.4, -0.2) is 43.7 Å². The van der Waals surface area contributed by atoms with Gasteiger partial charge < -0.3 is 10.1 Å². The van der Waals surface area contributed by atoms with Gasteiger partial charge in [-0.05, 0) is 25.1 Å². The third-order valence-corrected chi connectivity index (χ3v) is 5.82. The number of benzene rings is 2. The quantitative estimate of drug-likeness (QED) is 0.373. The monoisotopic (exact) mass is 466 g/mol. The van der Waals surface area contributed by atoms with E-state index in [0.717, 1.165) is 12.1 Å². The maximum absolute atomic E-state index is 12.2. The van der Waals surface area contributed by atoms with E-state index in [1.807, 2.05) is 0 Å². The molecule has 1 atom stereocenters. The Kier molecular flexibility index (Phi) is 6.22. The van der Waals surface area contributed by atoms with Gasteiger partial charge in [0.2, 0.25) is 0 Å². The SMILES string of the molecule is C[C@H](N=C1NS(=O)(=O)c2ccccc21)C(=O)OCC(=O)Nc1ccc([N+](=O)[O-])cc1Cl. The van der Waals surface area contributed by atoms with Gasteiger partial charge in [-0.1, -0.05) is 23.7 Å². The first-order chi connectivity index (χ1) is 14.6. The molecule has 162 valence electrons. The van der Waals surface area contributed by atoms with Gasteiger partial charge >= 0.3 is 5.97 Å². The number of nitrogens with one attached hydrogen (secondary N) is 2. The third kappa shape index (κ3) is 4.98. The fourth-order valence-corrected chi connectivity index (χ4v) is 4.10. The summed E-state index contributed by atoms with van der Waals surface area (Å²) >= 11 is 5.89. The minimum atomic E-state index is -3.75. The molecule has 0 saturated heterocycles. The molecule has 2 aromatic carbocycles. The van der Waals surface area contributed by atoms with Gasteiger partial charge in [0, 0.05) is 17.7 Å². The summed E-state index contributed by atoms with van der Waals surface area (Å²) in [6, 6.07) is 8.54.